The maximum atomic E-state index is 6.12. The summed E-state index contributed by atoms with van der Waals surface area (Å²) < 4.78 is 3.09. The van der Waals surface area contributed by atoms with Crippen LogP contribution in [0.15, 0.2) is 41.4 Å². The Labute approximate surface area is 115 Å². The molecular weight excluding hydrogens is 290 g/mol. The van der Waals surface area contributed by atoms with Crippen LogP contribution in [0.4, 0.5) is 0 Å². The van der Waals surface area contributed by atoms with Crippen molar-refractivity contribution in [3.8, 4) is 5.69 Å². The van der Waals surface area contributed by atoms with Gasteiger partial charge >= 0.3 is 0 Å². The lowest BCUT2D eigenvalue weighted by molar-refractivity contribution is 0.556. The molecule has 1 fully saturated rings. The second-order valence-corrected chi connectivity index (χ2v) is 5.94. The lowest BCUT2D eigenvalue weighted by atomic mass is 9.89. The van der Waals surface area contributed by atoms with Gasteiger partial charge in [0.05, 0.1) is 12.0 Å². The molecule has 18 heavy (non-hydrogen) atoms. The molecule has 1 unspecified atom stereocenters. The first-order valence-corrected chi connectivity index (χ1v) is 6.97. The molecule has 0 saturated heterocycles. The number of benzene rings is 1. The molecule has 2 N–H and O–H groups in total. The predicted molar refractivity (Wildman–Crippen MR) is 75.8 cm³/mol. The second-order valence-electron chi connectivity index (χ2n) is 5.08. The van der Waals surface area contributed by atoms with Gasteiger partial charge in [0.15, 0.2) is 0 Å². The summed E-state index contributed by atoms with van der Waals surface area (Å²) in [7, 11) is 0. The van der Waals surface area contributed by atoms with E-state index in [4.69, 9.17) is 5.73 Å². The number of imidazole rings is 1. The van der Waals surface area contributed by atoms with E-state index in [0.717, 1.165) is 10.2 Å². The molecule has 3 nitrogen and oxygen atoms in total. The third-order valence-corrected chi connectivity index (χ3v) is 4.60. The van der Waals surface area contributed by atoms with Gasteiger partial charge in [-0.2, -0.15) is 0 Å². The van der Waals surface area contributed by atoms with Crippen molar-refractivity contribution >= 4 is 15.9 Å². The van der Waals surface area contributed by atoms with Crippen LogP contribution < -0.4 is 5.73 Å². The Morgan fingerprint density at radius 2 is 2.22 bits per heavy atom. The maximum Gasteiger partial charge on any atom is 0.0992 e. The molecule has 2 aromatic rings. The largest absolute Gasteiger partial charge is 0.327 e. The monoisotopic (exact) mass is 305 g/mol. The Hall–Kier alpha value is -1.13. The molecule has 0 amide bonds. The molecule has 1 saturated carbocycles. The quantitative estimate of drug-likeness (QED) is 0.947. The van der Waals surface area contributed by atoms with E-state index in [1.54, 1.807) is 12.5 Å². The topological polar surface area (TPSA) is 43.8 Å². The Balaban J connectivity index is 2.00. The molecule has 1 aliphatic rings. The predicted octanol–water partition coefficient (Wildman–Crippen LogP) is 3.01. The standard InChI is InChI=1S/C14H16BrN3/c1-10(16)14(4-5-14)11-2-3-13(12(15)8-11)18-7-6-17-9-18/h2-3,6-10H,4-5,16H2,1H3. The fraction of sp³-hybridized carbons (Fsp3) is 0.357. The van der Waals surface area contributed by atoms with Gasteiger partial charge in [-0.05, 0) is 53.4 Å². The highest BCUT2D eigenvalue weighted by Gasteiger charge is 2.47. The molecule has 94 valence electrons. The van der Waals surface area contributed by atoms with Crippen LogP contribution in [0.3, 0.4) is 0 Å². The Kier molecular flexibility index (Phi) is 2.79. The van der Waals surface area contributed by atoms with Crippen molar-refractivity contribution in [1.29, 1.82) is 0 Å². The summed E-state index contributed by atoms with van der Waals surface area (Å²) in [5.41, 5.74) is 8.77. The SMILES string of the molecule is CC(N)C1(c2ccc(-n3ccnc3)c(Br)c2)CC1. The van der Waals surface area contributed by atoms with E-state index in [9.17, 15) is 0 Å². The minimum absolute atomic E-state index is 0.204. The zero-order valence-electron chi connectivity index (χ0n) is 10.3. The first-order chi connectivity index (χ1) is 8.63. The molecule has 1 atom stereocenters. The number of hydrogen-bond donors (Lipinski definition) is 1. The highest BCUT2D eigenvalue weighted by Crippen LogP contribution is 2.51. The van der Waals surface area contributed by atoms with Crippen LogP contribution in [-0.2, 0) is 5.41 Å². The van der Waals surface area contributed by atoms with Crippen molar-refractivity contribution in [2.45, 2.75) is 31.2 Å². The fourth-order valence-electron chi connectivity index (χ4n) is 2.57. The van der Waals surface area contributed by atoms with Crippen molar-refractivity contribution < 1.29 is 0 Å². The summed E-state index contributed by atoms with van der Waals surface area (Å²) >= 11 is 3.65. The van der Waals surface area contributed by atoms with Gasteiger partial charge in [0.25, 0.3) is 0 Å². The molecular formula is C14H16BrN3. The second kappa shape index (κ2) is 4.21. The Morgan fingerprint density at radius 3 is 2.72 bits per heavy atom. The number of nitrogens with zero attached hydrogens (tertiary/aromatic N) is 2. The van der Waals surface area contributed by atoms with Crippen LogP contribution in [0.25, 0.3) is 5.69 Å². The van der Waals surface area contributed by atoms with Gasteiger partial charge in [0.1, 0.15) is 0 Å². The van der Waals surface area contributed by atoms with Crippen molar-refractivity contribution in [3.63, 3.8) is 0 Å². The van der Waals surface area contributed by atoms with E-state index in [1.165, 1.54) is 18.4 Å². The normalized spacial score (nSPS) is 18.6. The van der Waals surface area contributed by atoms with E-state index in [2.05, 4.69) is 46.0 Å². The highest BCUT2D eigenvalue weighted by molar-refractivity contribution is 9.10. The third-order valence-electron chi connectivity index (χ3n) is 3.97. The molecule has 0 radical (unpaired) electrons. The molecule has 0 bridgehead atoms. The van der Waals surface area contributed by atoms with Gasteiger partial charge in [-0.1, -0.05) is 6.07 Å². The van der Waals surface area contributed by atoms with E-state index >= 15 is 0 Å². The smallest absolute Gasteiger partial charge is 0.0992 e. The number of rotatable bonds is 3. The molecule has 1 aromatic carbocycles. The zero-order chi connectivity index (χ0) is 12.8. The fourth-order valence-corrected chi connectivity index (χ4v) is 3.15. The summed E-state index contributed by atoms with van der Waals surface area (Å²) in [5.74, 6) is 0. The van der Waals surface area contributed by atoms with E-state index in [1.807, 2.05) is 10.8 Å². The van der Waals surface area contributed by atoms with Gasteiger partial charge in [0, 0.05) is 28.3 Å². The molecule has 3 rings (SSSR count). The van der Waals surface area contributed by atoms with Crippen LogP contribution in [0, 0.1) is 0 Å². The minimum Gasteiger partial charge on any atom is -0.327 e. The lowest BCUT2D eigenvalue weighted by Crippen LogP contribution is -2.31. The molecule has 0 spiro atoms. The van der Waals surface area contributed by atoms with E-state index < -0.39 is 0 Å². The molecule has 1 aromatic heterocycles. The Morgan fingerprint density at radius 1 is 1.44 bits per heavy atom. The van der Waals surface area contributed by atoms with Crippen LogP contribution in [0.1, 0.15) is 25.3 Å². The molecule has 0 aliphatic heterocycles. The van der Waals surface area contributed by atoms with Crippen LogP contribution in [-0.4, -0.2) is 15.6 Å². The summed E-state index contributed by atoms with van der Waals surface area (Å²) in [5, 5.41) is 0. The van der Waals surface area contributed by atoms with Crippen molar-refractivity contribution in [1.82, 2.24) is 9.55 Å². The van der Waals surface area contributed by atoms with Crippen LogP contribution in [0.5, 0.6) is 0 Å². The van der Waals surface area contributed by atoms with Crippen molar-refractivity contribution in [2.75, 3.05) is 0 Å². The van der Waals surface area contributed by atoms with Crippen molar-refractivity contribution in [2.24, 2.45) is 5.73 Å². The number of hydrogen-bond acceptors (Lipinski definition) is 2. The van der Waals surface area contributed by atoms with Gasteiger partial charge in [-0.25, -0.2) is 4.98 Å². The molecule has 1 heterocycles. The number of nitrogens with two attached hydrogens (primary N) is 1. The maximum absolute atomic E-state index is 6.12. The first kappa shape index (κ1) is 11.9. The van der Waals surface area contributed by atoms with Crippen LogP contribution >= 0.6 is 15.9 Å². The third kappa shape index (κ3) is 1.80. The summed E-state index contributed by atoms with van der Waals surface area (Å²) in [6.45, 7) is 2.10. The zero-order valence-corrected chi connectivity index (χ0v) is 11.9. The van der Waals surface area contributed by atoms with Gasteiger partial charge < -0.3 is 10.3 Å². The van der Waals surface area contributed by atoms with Gasteiger partial charge in [-0.3, -0.25) is 0 Å². The minimum atomic E-state index is 0.204. The molecule has 4 heteroatoms. The summed E-state index contributed by atoms with van der Waals surface area (Å²) in [4.78, 5) is 4.07. The average Bonchev–Trinajstić information content (AvgIpc) is 2.99. The van der Waals surface area contributed by atoms with Gasteiger partial charge in [0.2, 0.25) is 0 Å². The lowest BCUT2D eigenvalue weighted by Gasteiger charge is -2.21. The Bertz CT molecular complexity index is 556. The van der Waals surface area contributed by atoms with E-state index in [0.29, 0.717) is 0 Å². The average molecular weight is 306 g/mol. The molecule has 1 aliphatic carbocycles. The number of halogens is 1. The first-order valence-electron chi connectivity index (χ1n) is 6.17. The van der Waals surface area contributed by atoms with E-state index in [-0.39, 0.29) is 11.5 Å². The van der Waals surface area contributed by atoms with Gasteiger partial charge in [-0.15, -0.1) is 0 Å². The van der Waals surface area contributed by atoms with Crippen molar-refractivity contribution in [3.05, 3.63) is 47.0 Å². The summed E-state index contributed by atoms with van der Waals surface area (Å²) in [6.07, 6.45) is 7.92. The highest BCUT2D eigenvalue weighted by atomic mass is 79.9. The number of aromatic nitrogens is 2. The van der Waals surface area contributed by atoms with Crippen LogP contribution in [0.2, 0.25) is 0 Å². The summed E-state index contributed by atoms with van der Waals surface area (Å²) in [6, 6.07) is 6.73.